The standard InChI is InChI=1S/C8H9ClFN/c9-6-11-5-7-3-1-2-4-8(7)10/h1-4,11H,5-6H2. The van der Waals surface area contributed by atoms with Gasteiger partial charge < -0.3 is 0 Å². The van der Waals surface area contributed by atoms with Gasteiger partial charge in [0.2, 0.25) is 0 Å². The van der Waals surface area contributed by atoms with Crippen LogP contribution < -0.4 is 5.32 Å². The van der Waals surface area contributed by atoms with Crippen LogP contribution in [0.1, 0.15) is 5.56 Å². The second-order valence-electron chi connectivity index (χ2n) is 2.15. The zero-order valence-corrected chi connectivity index (χ0v) is 6.74. The molecule has 0 fully saturated rings. The predicted octanol–water partition coefficient (Wildman–Crippen LogP) is 2.11. The summed E-state index contributed by atoms with van der Waals surface area (Å²) in [5.74, 6) is -0.190. The Morgan fingerprint density at radius 1 is 1.36 bits per heavy atom. The summed E-state index contributed by atoms with van der Waals surface area (Å²) in [6.07, 6.45) is 0. The van der Waals surface area contributed by atoms with Crippen molar-refractivity contribution in [2.24, 2.45) is 0 Å². The van der Waals surface area contributed by atoms with Crippen LogP contribution >= 0.6 is 11.6 Å². The second-order valence-corrected chi connectivity index (χ2v) is 2.42. The Hall–Kier alpha value is -0.600. The fourth-order valence-corrected chi connectivity index (χ4v) is 0.918. The molecule has 0 aliphatic carbocycles. The summed E-state index contributed by atoms with van der Waals surface area (Å²) in [5, 5.41) is 2.83. The lowest BCUT2D eigenvalue weighted by Gasteiger charge is -2.01. The molecular formula is C8H9ClFN. The highest BCUT2D eigenvalue weighted by molar-refractivity contribution is 6.17. The lowest BCUT2D eigenvalue weighted by atomic mass is 10.2. The maximum Gasteiger partial charge on any atom is 0.127 e. The van der Waals surface area contributed by atoms with Crippen LogP contribution in [0, 0.1) is 5.82 Å². The molecule has 1 aromatic rings. The van der Waals surface area contributed by atoms with Crippen LogP contribution in [0.2, 0.25) is 0 Å². The largest absolute Gasteiger partial charge is 0.300 e. The number of hydrogen-bond donors (Lipinski definition) is 1. The molecule has 1 nitrogen and oxygen atoms in total. The van der Waals surface area contributed by atoms with Crippen molar-refractivity contribution >= 4 is 11.6 Å². The van der Waals surface area contributed by atoms with E-state index in [1.165, 1.54) is 6.07 Å². The Bertz CT molecular complexity index is 227. The summed E-state index contributed by atoms with van der Waals surface area (Å²) in [6.45, 7) is 0.482. The van der Waals surface area contributed by atoms with Crippen molar-refractivity contribution in [2.45, 2.75) is 6.54 Å². The van der Waals surface area contributed by atoms with Gasteiger partial charge in [-0.25, -0.2) is 4.39 Å². The van der Waals surface area contributed by atoms with E-state index in [9.17, 15) is 4.39 Å². The molecule has 0 heterocycles. The molecule has 11 heavy (non-hydrogen) atoms. The van der Waals surface area contributed by atoms with E-state index in [2.05, 4.69) is 5.32 Å². The summed E-state index contributed by atoms with van der Waals surface area (Å²) in [6, 6.07) is 6.97. The van der Waals surface area contributed by atoms with Crippen molar-refractivity contribution in [3.8, 4) is 0 Å². The maximum absolute atomic E-state index is 12.8. The molecule has 0 saturated carbocycles. The first kappa shape index (κ1) is 8.50. The van der Waals surface area contributed by atoms with Gasteiger partial charge >= 0.3 is 0 Å². The van der Waals surface area contributed by atoms with Gasteiger partial charge in [-0.1, -0.05) is 18.2 Å². The Morgan fingerprint density at radius 2 is 2.09 bits per heavy atom. The van der Waals surface area contributed by atoms with Crippen LogP contribution in [0.5, 0.6) is 0 Å². The molecule has 1 aromatic carbocycles. The summed E-state index contributed by atoms with van der Waals surface area (Å²) in [7, 11) is 0. The van der Waals surface area contributed by atoms with E-state index in [-0.39, 0.29) is 5.82 Å². The van der Waals surface area contributed by atoms with E-state index in [0.717, 1.165) is 0 Å². The zero-order chi connectivity index (χ0) is 8.10. The number of halogens is 2. The van der Waals surface area contributed by atoms with Gasteiger partial charge in [-0.15, -0.1) is 11.6 Å². The first-order valence-electron chi connectivity index (χ1n) is 3.34. The highest BCUT2D eigenvalue weighted by Crippen LogP contribution is 2.04. The van der Waals surface area contributed by atoms with Crippen LogP contribution in [0.3, 0.4) is 0 Å². The summed E-state index contributed by atoms with van der Waals surface area (Å²) in [4.78, 5) is 0. The molecule has 0 amide bonds. The molecule has 60 valence electrons. The van der Waals surface area contributed by atoms with Crippen molar-refractivity contribution in [1.82, 2.24) is 5.32 Å². The molecule has 0 unspecified atom stereocenters. The van der Waals surface area contributed by atoms with Gasteiger partial charge in [0.05, 0.1) is 6.00 Å². The van der Waals surface area contributed by atoms with Gasteiger partial charge in [-0.3, -0.25) is 5.32 Å². The molecule has 0 spiro atoms. The first-order valence-corrected chi connectivity index (χ1v) is 3.88. The van der Waals surface area contributed by atoms with Gasteiger partial charge in [-0.2, -0.15) is 0 Å². The average molecular weight is 174 g/mol. The molecule has 0 aliphatic heterocycles. The van der Waals surface area contributed by atoms with Gasteiger partial charge in [0, 0.05) is 12.1 Å². The number of nitrogens with one attached hydrogen (secondary N) is 1. The fraction of sp³-hybridized carbons (Fsp3) is 0.250. The number of hydrogen-bond acceptors (Lipinski definition) is 1. The molecule has 0 radical (unpaired) electrons. The number of benzene rings is 1. The molecular weight excluding hydrogens is 165 g/mol. The Balaban J connectivity index is 2.62. The predicted molar refractivity (Wildman–Crippen MR) is 44.0 cm³/mol. The van der Waals surface area contributed by atoms with Crippen molar-refractivity contribution in [1.29, 1.82) is 0 Å². The maximum atomic E-state index is 12.8. The third-order valence-electron chi connectivity index (χ3n) is 1.37. The minimum absolute atomic E-state index is 0.190. The van der Waals surface area contributed by atoms with Crippen LogP contribution in [0.4, 0.5) is 4.39 Å². The Kier molecular flexibility index (Phi) is 3.33. The summed E-state index contributed by atoms with van der Waals surface area (Å²) >= 11 is 5.37. The quantitative estimate of drug-likeness (QED) is 0.546. The summed E-state index contributed by atoms with van der Waals surface area (Å²) in [5.41, 5.74) is 0.646. The van der Waals surface area contributed by atoms with E-state index in [1.54, 1.807) is 18.2 Å². The van der Waals surface area contributed by atoms with Crippen LogP contribution in [0.25, 0.3) is 0 Å². The zero-order valence-electron chi connectivity index (χ0n) is 5.98. The number of rotatable bonds is 3. The fourth-order valence-electron chi connectivity index (χ4n) is 0.824. The second kappa shape index (κ2) is 4.31. The van der Waals surface area contributed by atoms with E-state index >= 15 is 0 Å². The number of alkyl halides is 1. The molecule has 0 saturated heterocycles. The van der Waals surface area contributed by atoms with Gasteiger partial charge in [-0.05, 0) is 6.07 Å². The Morgan fingerprint density at radius 3 is 2.73 bits per heavy atom. The molecule has 0 atom stereocenters. The lowest BCUT2D eigenvalue weighted by Crippen LogP contribution is -2.11. The molecule has 3 heteroatoms. The minimum atomic E-state index is -0.190. The van der Waals surface area contributed by atoms with E-state index in [4.69, 9.17) is 11.6 Å². The SMILES string of the molecule is Fc1ccccc1CNCCl. The smallest absolute Gasteiger partial charge is 0.127 e. The molecule has 0 aromatic heterocycles. The third kappa shape index (κ3) is 2.48. The average Bonchev–Trinajstić information content (AvgIpc) is 2.03. The van der Waals surface area contributed by atoms with Crippen LogP contribution in [-0.2, 0) is 6.54 Å². The van der Waals surface area contributed by atoms with Crippen molar-refractivity contribution in [3.05, 3.63) is 35.6 Å². The topological polar surface area (TPSA) is 12.0 Å². The highest BCUT2D eigenvalue weighted by atomic mass is 35.5. The lowest BCUT2D eigenvalue weighted by molar-refractivity contribution is 0.599. The van der Waals surface area contributed by atoms with Gasteiger partial charge in [0.15, 0.2) is 0 Å². The van der Waals surface area contributed by atoms with Crippen LogP contribution in [-0.4, -0.2) is 6.00 Å². The molecule has 1 rings (SSSR count). The minimum Gasteiger partial charge on any atom is -0.300 e. The van der Waals surface area contributed by atoms with Gasteiger partial charge in [0.1, 0.15) is 5.82 Å². The highest BCUT2D eigenvalue weighted by Gasteiger charge is 1.97. The Labute approximate surface area is 70.2 Å². The monoisotopic (exact) mass is 173 g/mol. The third-order valence-corrected chi connectivity index (χ3v) is 1.56. The molecule has 0 aliphatic rings. The van der Waals surface area contributed by atoms with Gasteiger partial charge in [0.25, 0.3) is 0 Å². The van der Waals surface area contributed by atoms with Crippen molar-refractivity contribution < 1.29 is 4.39 Å². The van der Waals surface area contributed by atoms with E-state index in [0.29, 0.717) is 18.1 Å². The van der Waals surface area contributed by atoms with Crippen molar-refractivity contribution in [3.63, 3.8) is 0 Å². The molecule has 1 N–H and O–H groups in total. The van der Waals surface area contributed by atoms with Crippen LogP contribution in [0.15, 0.2) is 24.3 Å². The van der Waals surface area contributed by atoms with E-state index < -0.39 is 0 Å². The normalized spacial score (nSPS) is 10.0. The van der Waals surface area contributed by atoms with E-state index in [1.807, 2.05) is 0 Å². The first-order chi connectivity index (χ1) is 5.34. The summed E-state index contributed by atoms with van der Waals surface area (Å²) < 4.78 is 12.8. The molecule has 0 bridgehead atoms. The van der Waals surface area contributed by atoms with Crippen molar-refractivity contribution in [2.75, 3.05) is 6.00 Å².